The van der Waals surface area contributed by atoms with E-state index in [-0.39, 0.29) is 5.91 Å². The summed E-state index contributed by atoms with van der Waals surface area (Å²) in [4.78, 5) is 13.9. The van der Waals surface area contributed by atoms with Crippen LogP contribution >= 0.6 is 0 Å². The molecule has 1 aliphatic rings. The minimum Gasteiger partial charge on any atom is -0.339 e. The van der Waals surface area contributed by atoms with Crippen LogP contribution in [0.4, 0.5) is 0 Å². The van der Waals surface area contributed by atoms with E-state index in [0.717, 1.165) is 32.4 Å². The van der Waals surface area contributed by atoms with Crippen molar-refractivity contribution in [1.82, 2.24) is 4.90 Å². The summed E-state index contributed by atoms with van der Waals surface area (Å²) in [6, 6.07) is 0. The van der Waals surface area contributed by atoms with Gasteiger partial charge in [-0.25, -0.2) is 0 Å². The number of unbranched alkanes of at least 4 members (excludes halogenated alkanes) is 11. The third-order valence-corrected chi connectivity index (χ3v) is 5.13. The van der Waals surface area contributed by atoms with E-state index in [1.807, 2.05) is 17.1 Å². The zero-order valence-electron chi connectivity index (χ0n) is 16.7. The number of amides is 1. The van der Waals surface area contributed by atoms with E-state index in [1.165, 1.54) is 77.0 Å². The molecule has 144 valence electrons. The van der Waals surface area contributed by atoms with Crippen LogP contribution in [0.5, 0.6) is 0 Å². The van der Waals surface area contributed by atoms with Crippen molar-refractivity contribution in [3.63, 3.8) is 0 Å². The number of likely N-dealkylation sites (tertiary alicyclic amines) is 1. The number of carbonyl (C=O) groups is 1. The van der Waals surface area contributed by atoms with Gasteiger partial charge in [0.25, 0.3) is 0 Å². The van der Waals surface area contributed by atoms with Gasteiger partial charge in [0, 0.05) is 19.2 Å². The van der Waals surface area contributed by atoms with Gasteiger partial charge < -0.3 is 4.90 Å². The van der Waals surface area contributed by atoms with Gasteiger partial charge in [-0.1, -0.05) is 89.4 Å². The Hall–Kier alpha value is -1.05. The summed E-state index contributed by atoms with van der Waals surface area (Å²) in [5, 5.41) is 0. The Bertz CT molecular complexity index is 366. The summed E-state index contributed by atoms with van der Waals surface area (Å²) >= 11 is 0. The van der Waals surface area contributed by atoms with Crippen LogP contribution in [-0.2, 0) is 4.79 Å². The number of allylic oxidation sites excluding steroid dienone is 3. The van der Waals surface area contributed by atoms with Gasteiger partial charge in [0.1, 0.15) is 0 Å². The summed E-state index contributed by atoms with van der Waals surface area (Å²) in [5.74, 6) is 0.180. The molecule has 2 heteroatoms. The van der Waals surface area contributed by atoms with Crippen molar-refractivity contribution in [2.75, 3.05) is 13.1 Å². The SMILES string of the molecule is CCCCCCCCCCCCCC=CC=CC(=O)N1CCCCC1. The molecule has 0 aliphatic carbocycles. The molecule has 0 bridgehead atoms. The van der Waals surface area contributed by atoms with E-state index in [1.54, 1.807) is 6.08 Å². The normalized spacial score (nSPS) is 15.5. The van der Waals surface area contributed by atoms with Crippen LogP contribution in [0.1, 0.15) is 103 Å². The topological polar surface area (TPSA) is 20.3 Å². The molecule has 0 atom stereocenters. The molecule has 1 amide bonds. The summed E-state index contributed by atoms with van der Waals surface area (Å²) in [7, 11) is 0. The molecule has 0 aromatic heterocycles. The van der Waals surface area contributed by atoms with Gasteiger partial charge in [-0.05, 0) is 32.1 Å². The van der Waals surface area contributed by atoms with E-state index in [0.29, 0.717) is 0 Å². The van der Waals surface area contributed by atoms with Gasteiger partial charge in [0.05, 0.1) is 0 Å². The van der Waals surface area contributed by atoms with Crippen molar-refractivity contribution in [2.24, 2.45) is 0 Å². The maximum Gasteiger partial charge on any atom is 0.246 e. The average molecular weight is 348 g/mol. The van der Waals surface area contributed by atoms with Crippen LogP contribution in [0.15, 0.2) is 24.3 Å². The van der Waals surface area contributed by atoms with E-state index in [4.69, 9.17) is 0 Å². The van der Waals surface area contributed by atoms with Gasteiger partial charge in [-0.2, -0.15) is 0 Å². The van der Waals surface area contributed by atoms with E-state index >= 15 is 0 Å². The molecule has 0 saturated carbocycles. The number of hydrogen-bond donors (Lipinski definition) is 0. The monoisotopic (exact) mass is 347 g/mol. The summed E-state index contributed by atoms with van der Waals surface area (Å²) in [6.45, 7) is 4.15. The zero-order chi connectivity index (χ0) is 18.0. The van der Waals surface area contributed by atoms with Crippen molar-refractivity contribution in [1.29, 1.82) is 0 Å². The quantitative estimate of drug-likeness (QED) is 0.192. The van der Waals surface area contributed by atoms with Gasteiger partial charge >= 0.3 is 0 Å². The second-order valence-corrected chi connectivity index (χ2v) is 7.50. The lowest BCUT2D eigenvalue weighted by Gasteiger charge is -2.25. The molecule has 1 heterocycles. The third kappa shape index (κ3) is 12.9. The molecule has 1 aliphatic heterocycles. The second-order valence-electron chi connectivity index (χ2n) is 7.50. The molecular formula is C23H41NO. The Morgan fingerprint density at radius 2 is 1.32 bits per heavy atom. The molecule has 0 aromatic carbocycles. The molecule has 1 saturated heterocycles. The number of nitrogens with zero attached hydrogens (tertiary/aromatic N) is 1. The molecule has 1 rings (SSSR count). The molecule has 0 N–H and O–H groups in total. The Morgan fingerprint density at radius 1 is 0.760 bits per heavy atom. The first-order valence-electron chi connectivity index (χ1n) is 11.0. The first-order chi connectivity index (χ1) is 12.3. The van der Waals surface area contributed by atoms with Crippen molar-refractivity contribution >= 4 is 5.91 Å². The van der Waals surface area contributed by atoms with Crippen molar-refractivity contribution in [3.05, 3.63) is 24.3 Å². The number of rotatable bonds is 14. The Kier molecular flexibility index (Phi) is 14.4. The van der Waals surface area contributed by atoms with Crippen LogP contribution < -0.4 is 0 Å². The summed E-state index contributed by atoms with van der Waals surface area (Å²) < 4.78 is 0. The fraction of sp³-hybridized carbons (Fsp3) is 0.783. The number of hydrogen-bond acceptors (Lipinski definition) is 1. The average Bonchev–Trinajstić information content (AvgIpc) is 2.65. The number of carbonyl (C=O) groups excluding carboxylic acids is 1. The lowest BCUT2D eigenvalue weighted by molar-refractivity contribution is -0.126. The second kappa shape index (κ2) is 16.4. The minimum atomic E-state index is 0.180. The molecule has 0 unspecified atom stereocenters. The lowest BCUT2D eigenvalue weighted by Crippen LogP contribution is -2.34. The smallest absolute Gasteiger partial charge is 0.246 e. The largest absolute Gasteiger partial charge is 0.339 e. The van der Waals surface area contributed by atoms with Crippen LogP contribution in [-0.4, -0.2) is 23.9 Å². The maximum atomic E-state index is 11.9. The van der Waals surface area contributed by atoms with Gasteiger partial charge in [0.2, 0.25) is 5.91 Å². The molecule has 25 heavy (non-hydrogen) atoms. The zero-order valence-corrected chi connectivity index (χ0v) is 16.7. The highest BCUT2D eigenvalue weighted by Crippen LogP contribution is 2.12. The van der Waals surface area contributed by atoms with Crippen molar-refractivity contribution in [2.45, 2.75) is 103 Å². The lowest BCUT2D eigenvalue weighted by atomic mass is 10.1. The first-order valence-corrected chi connectivity index (χ1v) is 11.0. The standard InChI is InChI=1S/C23H41NO/c1-2-3-4-5-6-7-8-9-10-11-12-13-14-15-17-20-23(25)24-21-18-16-19-22-24/h14-15,17,20H,2-13,16,18-19,21-22H2,1H3. The van der Waals surface area contributed by atoms with E-state index < -0.39 is 0 Å². The summed E-state index contributed by atoms with van der Waals surface area (Å²) in [6.07, 6.45) is 27.9. The predicted molar refractivity (Wildman–Crippen MR) is 110 cm³/mol. The fourth-order valence-corrected chi connectivity index (χ4v) is 3.46. The van der Waals surface area contributed by atoms with Gasteiger partial charge in [-0.15, -0.1) is 0 Å². The Balaban J connectivity index is 1.86. The third-order valence-electron chi connectivity index (χ3n) is 5.13. The van der Waals surface area contributed by atoms with Crippen molar-refractivity contribution in [3.8, 4) is 0 Å². The first kappa shape index (κ1) is 22.0. The Labute approximate surface area is 156 Å². The van der Waals surface area contributed by atoms with Crippen LogP contribution in [0.3, 0.4) is 0 Å². The Morgan fingerprint density at radius 3 is 1.92 bits per heavy atom. The maximum absolute atomic E-state index is 11.9. The molecule has 0 radical (unpaired) electrons. The minimum absolute atomic E-state index is 0.180. The molecule has 1 fully saturated rings. The number of piperidine rings is 1. The highest BCUT2D eigenvalue weighted by Gasteiger charge is 2.12. The molecule has 2 nitrogen and oxygen atoms in total. The molecule has 0 aromatic rings. The predicted octanol–water partition coefficient (Wildman–Crippen LogP) is 6.81. The van der Waals surface area contributed by atoms with E-state index in [2.05, 4.69) is 13.0 Å². The van der Waals surface area contributed by atoms with Gasteiger partial charge in [-0.3, -0.25) is 4.79 Å². The molecule has 0 spiro atoms. The van der Waals surface area contributed by atoms with Crippen LogP contribution in [0.2, 0.25) is 0 Å². The fourth-order valence-electron chi connectivity index (χ4n) is 3.46. The van der Waals surface area contributed by atoms with E-state index in [9.17, 15) is 4.79 Å². The van der Waals surface area contributed by atoms with Crippen LogP contribution in [0.25, 0.3) is 0 Å². The highest BCUT2D eigenvalue weighted by molar-refractivity contribution is 5.87. The summed E-state index contributed by atoms with van der Waals surface area (Å²) in [5.41, 5.74) is 0. The van der Waals surface area contributed by atoms with Crippen LogP contribution in [0, 0.1) is 0 Å². The van der Waals surface area contributed by atoms with Crippen molar-refractivity contribution < 1.29 is 4.79 Å². The van der Waals surface area contributed by atoms with Gasteiger partial charge in [0.15, 0.2) is 0 Å². The highest BCUT2D eigenvalue weighted by atomic mass is 16.2. The molecular weight excluding hydrogens is 306 g/mol.